The zero-order valence-electron chi connectivity index (χ0n) is 11.1. The van der Waals surface area contributed by atoms with Crippen LogP contribution in [0.1, 0.15) is 52.4 Å². The molecule has 1 atom stereocenters. The summed E-state index contributed by atoms with van der Waals surface area (Å²) in [4.78, 5) is 13.8. The van der Waals surface area contributed by atoms with Crippen molar-refractivity contribution in [1.29, 1.82) is 0 Å². The predicted octanol–water partition coefficient (Wildman–Crippen LogP) is 2.75. The summed E-state index contributed by atoms with van der Waals surface area (Å²) < 4.78 is 0. The van der Waals surface area contributed by atoms with Crippen LogP contribution in [0.4, 0.5) is 0 Å². The lowest BCUT2D eigenvalue weighted by Crippen LogP contribution is -2.46. The van der Waals surface area contributed by atoms with Crippen molar-refractivity contribution in [2.24, 2.45) is 11.3 Å². The Labute approximate surface area is 104 Å². The normalized spacial score (nSPS) is 40.1. The number of aliphatic carboxylic acids is 1. The van der Waals surface area contributed by atoms with Crippen LogP contribution < -0.4 is 0 Å². The number of carboxylic acids is 1. The van der Waals surface area contributed by atoms with Gasteiger partial charge in [0.1, 0.15) is 0 Å². The van der Waals surface area contributed by atoms with Gasteiger partial charge in [-0.15, -0.1) is 0 Å². The molecule has 17 heavy (non-hydrogen) atoms. The average Bonchev–Trinajstić information content (AvgIpc) is 2.30. The summed E-state index contributed by atoms with van der Waals surface area (Å²) in [5.74, 6) is 0.208. The van der Waals surface area contributed by atoms with Crippen LogP contribution in [0.2, 0.25) is 0 Å². The fraction of sp³-hybridized carbons (Fsp3) is 0.929. The minimum absolute atomic E-state index is 0.460. The van der Waals surface area contributed by atoms with Gasteiger partial charge in [-0.2, -0.15) is 0 Å². The average molecular weight is 239 g/mol. The highest BCUT2D eigenvalue weighted by molar-refractivity contribution is 5.74. The largest absolute Gasteiger partial charge is 0.481 e. The van der Waals surface area contributed by atoms with Crippen molar-refractivity contribution in [2.45, 2.75) is 58.4 Å². The molecule has 0 amide bonds. The summed E-state index contributed by atoms with van der Waals surface area (Å²) in [5, 5.41) is 9.22. The third-order valence-electron chi connectivity index (χ3n) is 4.78. The number of hydrogen-bond donors (Lipinski definition) is 1. The van der Waals surface area contributed by atoms with E-state index >= 15 is 0 Å². The van der Waals surface area contributed by atoms with Gasteiger partial charge in [0.25, 0.3) is 0 Å². The van der Waals surface area contributed by atoms with E-state index in [4.69, 9.17) is 0 Å². The third-order valence-corrected chi connectivity index (χ3v) is 4.78. The second kappa shape index (κ2) is 4.97. The minimum Gasteiger partial charge on any atom is -0.481 e. The smallest absolute Gasteiger partial charge is 0.309 e. The standard InChI is InChI=1S/C14H25NO2/c1-11-4-3-9-15(10-11)12-5-7-14(2,8-6-12)13(16)17/h11-12H,3-10H2,1-2H3,(H,16,17). The van der Waals surface area contributed by atoms with E-state index < -0.39 is 11.4 Å². The van der Waals surface area contributed by atoms with Crippen LogP contribution in [0.3, 0.4) is 0 Å². The van der Waals surface area contributed by atoms with Crippen molar-refractivity contribution in [2.75, 3.05) is 13.1 Å². The Bertz CT molecular complexity index is 282. The summed E-state index contributed by atoms with van der Waals surface area (Å²) in [7, 11) is 0. The molecule has 0 aromatic heterocycles. The van der Waals surface area contributed by atoms with Crippen LogP contribution in [0.5, 0.6) is 0 Å². The molecule has 1 aliphatic heterocycles. The maximum atomic E-state index is 11.2. The minimum atomic E-state index is -0.608. The van der Waals surface area contributed by atoms with E-state index in [-0.39, 0.29) is 0 Å². The molecule has 1 saturated heterocycles. The van der Waals surface area contributed by atoms with Crippen molar-refractivity contribution in [3.63, 3.8) is 0 Å². The molecule has 0 aromatic rings. The fourth-order valence-electron chi connectivity index (χ4n) is 3.38. The Morgan fingerprint density at radius 3 is 2.47 bits per heavy atom. The first-order valence-corrected chi connectivity index (χ1v) is 6.99. The van der Waals surface area contributed by atoms with E-state index in [2.05, 4.69) is 11.8 Å². The van der Waals surface area contributed by atoms with Gasteiger partial charge in [0.05, 0.1) is 5.41 Å². The number of rotatable bonds is 2. The van der Waals surface area contributed by atoms with E-state index in [1.165, 1.54) is 25.9 Å². The van der Waals surface area contributed by atoms with Gasteiger partial charge < -0.3 is 10.0 Å². The molecule has 2 fully saturated rings. The van der Waals surface area contributed by atoms with Crippen molar-refractivity contribution in [3.05, 3.63) is 0 Å². The highest BCUT2D eigenvalue weighted by atomic mass is 16.4. The van der Waals surface area contributed by atoms with Crippen LogP contribution in [0.25, 0.3) is 0 Å². The molecular weight excluding hydrogens is 214 g/mol. The van der Waals surface area contributed by atoms with Gasteiger partial charge in [-0.3, -0.25) is 4.79 Å². The predicted molar refractivity (Wildman–Crippen MR) is 68.0 cm³/mol. The number of carboxylic acid groups (broad SMARTS) is 1. The van der Waals surface area contributed by atoms with E-state index in [0.29, 0.717) is 6.04 Å². The Morgan fingerprint density at radius 1 is 1.29 bits per heavy atom. The van der Waals surface area contributed by atoms with Crippen molar-refractivity contribution >= 4 is 5.97 Å². The first-order chi connectivity index (χ1) is 8.01. The molecule has 0 bridgehead atoms. The number of hydrogen-bond acceptors (Lipinski definition) is 2. The van der Waals surface area contributed by atoms with E-state index in [1.54, 1.807) is 0 Å². The highest BCUT2D eigenvalue weighted by Gasteiger charge is 2.39. The Balaban J connectivity index is 1.88. The molecule has 1 aliphatic carbocycles. The molecule has 0 radical (unpaired) electrons. The molecule has 0 aromatic carbocycles. The molecule has 3 nitrogen and oxygen atoms in total. The summed E-state index contributed by atoms with van der Waals surface area (Å²) in [6.45, 7) is 6.67. The van der Waals surface area contributed by atoms with Gasteiger partial charge in [-0.05, 0) is 57.9 Å². The van der Waals surface area contributed by atoms with Crippen molar-refractivity contribution < 1.29 is 9.90 Å². The van der Waals surface area contributed by atoms with E-state index in [1.807, 2.05) is 6.92 Å². The Kier molecular flexibility index (Phi) is 3.76. The van der Waals surface area contributed by atoms with Gasteiger partial charge in [-0.25, -0.2) is 0 Å². The van der Waals surface area contributed by atoms with Gasteiger partial charge in [0.15, 0.2) is 0 Å². The van der Waals surface area contributed by atoms with E-state index in [0.717, 1.165) is 31.6 Å². The second-order valence-electron chi connectivity index (χ2n) is 6.34. The van der Waals surface area contributed by atoms with Gasteiger partial charge in [0, 0.05) is 12.6 Å². The highest BCUT2D eigenvalue weighted by Crippen LogP contribution is 2.38. The topological polar surface area (TPSA) is 40.5 Å². The molecule has 3 heteroatoms. The molecule has 2 aliphatic rings. The molecule has 1 N–H and O–H groups in total. The fourth-order valence-corrected chi connectivity index (χ4v) is 3.38. The van der Waals surface area contributed by atoms with Crippen molar-refractivity contribution in [1.82, 2.24) is 4.90 Å². The summed E-state index contributed by atoms with van der Waals surface area (Å²) >= 11 is 0. The monoisotopic (exact) mass is 239 g/mol. The van der Waals surface area contributed by atoms with E-state index in [9.17, 15) is 9.90 Å². The Morgan fingerprint density at radius 2 is 1.94 bits per heavy atom. The number of piperidine rings is 1. The van der Waals surface area contributed by atoms with Crippen LogP contribution in [0.15, 0.2) is 0 Å². The SMILES string of the molecule is CC1CCCN(C2CCC(C)(C(=O)O)CC2)C1. The van der Waals surface area contributed by atoms with Crippen LogP contribution >= 0.6 is 0 Å². The zero-order chi connectivity index (χ0) is 12.5. The molecule has 0 spiro atoms. The molecule has 2 rings (SSSR count). The third kappa shape index (κ3) is 2.82. The van der Waals surface area contributed by atoms with Crippen molar-refractivity contribution in [3.8, 4) is 0 Å². The van der Waals surface area contributed by atoms with Gasteiger partial charge in [0.2, 0.25) is 0 Å². The zero-order valence-corrected chi connectivity index (χ0v) is 11.1. The lowest BCUT2D eigenvalue weighted by Gasteiger charge is -2.42. The second-order valence-corrected chi connectivity index (χ2v) is 6.34. The molecular formula is C14H25NO2. The summed E-state index contributed by atoms with van der Waals surface area (Å²) in [5.41, 5.74) is -0.460. The number of carbonyl (C=O) groups is 1. The lowest BCUT2D eigenvalue weighted by molar-refractivity contribution is -0.150. The Hall–Kier alpha value is -0.570. The number of nitrogens with zero attached hydrogens (tertiary/aromatic N) is 1. The van der Waals surface area contributed by atoms with Crippen LogP contribution in [0, 0.1) is 11.3 Å². The molecule has 98 valence electrons. The first kappa shape index (κ1) is 12.9. The van der Waals surface area contributed by atoms with Gasteiger partial charge >= 0.3 is 5.97 Å². The molecule has 1 heterocycles. The molecule has 1 saturated carbocycles. The first-order valence-electron chi connectivity index (χ1n) is 6.99. The maximum Gasteiger partial charge on any atom is 0.309 e. The summed E-state index contributed by atoms with van der Waals surface area (Å²) in [6.07, 6.45) is 6.49. The van der Waals surface area contributed by atoms with Crippen LogP contribution in [-0.2, 0) is 4.79 Å². The molecule has 1 unspecified atom stereocenters. The maximum absolute atomic E-state index is 11.2. The summed E-state index contributed by atoms with van der Waals surface area (Å²) in [6, 6.07) is 0.644. The number of likely N-dealkylation sites (tertiary alicyclic amines) is 1. The lowest BCUT2D eigenvalue weighted by atomic mass is 9.73. The quantitative estimate of drug-likeness (QED) is 0.805. The van der Waals surface area contributed by atoms with Gasteiger partial charge in [-0.1, -0.05) is 6.92 Å². The van der Waals surface area contributed by atoms with Crippen LogP contribution in [-0.4, -0.2) is 35.1 Å².